The summed E-state index contributed by atoms with van der Waals surface area (Å²) in [6, 6.07) is 24.0. The number of fused-ring (bicyclic) bond motifs is 2. The number of para-hydroxylation sites is 1. The number of aromatic nitrogens is 1. The van der Waals surface area contributed by atoms with Crippen molar-refractivity contribution in [2.45, 2.75) is 6.92 Å². The van der Waals surface area contributed by atoms with Crippen LogP contribution in [0.15, 0.2) is 87.7 Å². The molecule has 0 saturated heterocycles. The number of benzene rings is 3. The van der Waals surface area contributed by atoms with Crippen LogP contribution < -0.4 is 14.4 Å². The third-order valence-corrected chi connectivity index (χ3v) is 8.62. The molecule has 0 atom stereocenters. The summed E-state index contributed by atoms with van der Waals surface area (Å²) >= 11 is 0. The molecule has 1 amide bonds. The Morgan fingerprint density at radius 1 is 0.953 bits per heavy atom. The van der Waals surface area contributed by atoms with Crippen molar-refractivity contribution in [2.75, 3.05) is 31.8 Å². The molecule has 0 saturated carbocycles. The predicted molar refractivity (Wildman–Crippen MR) is 168 cm³/mol. The molecule has 3 aromatic heterocycles. The summed E-state index contributed by atoms with van der Waals surface area (Å²) < 4.78 is 44.7. The van der Waals surface area contributed by atoms with Gasteiger partial charge < -0.3 is 18.9 Å². The summed E-state index contributed by atoms with van der Waals surface area (Å²) in [6.45, 7) is 1.98. The van der Waals surface area contributed by atoms with Gasteiger partial charge in [-0.25, -0.2) is 13.4 Å². The highest BCUT2D eigenvalue weighted by atomic mass is 32.2. The molecule has 0 aliphatic rings. The Labute approximate surface area is 248 Å². The normalized spacial score (nSPS) is 11.7. The third kappa shape index (κ3) is 4.99. The largest absolute Gasteiger partial charge is 0.494 e. The molecule has 0 fully saturated rings. The van der Waals surface area contributed by atoms with E-state index in [-0.39, 0.29) is 5.91 Å². The number of hydrogen-bond donors (Lipinski definition) is 1. The van der Waals surface area contributed by atoms with Gasteiger partial charge in [0.05, 0.1) is 30.3 Å². The lowest BCUT2D eigenvalue weighted by atomic mass is 10.00. The fourth-order valence-corrected chi connectivity index (χ4v) is 5.58. The van der Waals surface area contributed by atoms with Gasteiger partial charge >= 0.3 is 0 Å². The Hall–Kier alpha value is -5.09. The van der Waals surface area contributed by atoms with Crippen LogP contribution in [0.5, 0.6) is 5.75 Å². The first-order chi connectivity index (χ1) is 20.6. The van der Waals surface area contributed by atoms with Gasteiger partial charge in [0.2, 0.25) is 10.0 Å². The van der Waals surface area contributed by atoms with E-state index in [1.807, 2.05) is 61.5 Å². The number of anilines is 1. The Kier molecular flexibility index (Phi) is 6.94. The molecule has 6 aromatic rings. The van der Waals surface area contributed by atoms with Gasteiger partial charge in [0.15, 0.2) is 5.76 Å². The number of nitrogens with one attached hydrogen (secondary N) is 1. The van der Waals surface area contributed by atoms with Crippen molar-refractivity contribution in [1.82, 2.24) is 10.3 Å². The first kappa shape index (κ1) is 28.0. The van der Waals surface area contributed by atoms with Crippen LogP contribution in [0.4, 0.5) is 5.69 Å². The molecule has 10 heteroatoms. The van der Waals surface area contributed by atoms with E-state index in [0.29, 0.717) is 62.0 Å². The van der Waals surface area contributed by atoms with Crippen LogP contribution in [0, 0.1) is 6.92 Å². The first-order valence-electron chi connectivity index (χ1n) is 13.5. The molecule has 0 aliphatic heterocycles. The lowest BCUT2D eigenvalue weighted by Crippen LogP contribution is -2.25. The van der Waals surface area contributed by atoms with Crippen LogP contribution in [-0.2, 0) is 10.0 Å². The molecular formula is C33H29N3O6S. The fraction of sp³-hybridized carbons (Fsp3) is 0.152. The second-order valence-electron chi connectivity index (χ2n) is 10.2. The summed E-state index contributed by atoms with van der Waals surface area (Å²) in [5.41, 5.74) is 4.87. The Morgan fingerprint density at radius 3 is 2.37 bits per heavy atom. The van der Waals surface area contributed by atoms with Gasteiger partial charge in [-0.2, -0.15) is 0 Å². The lowest BCUT2D eigenvalue weighted by molar-refractivity contribution is 0.0964. The number of methoxy groups -OCH3 is 1. The van der Waals surface area contributed by atoms with E-state index in [2.05, 4.69) is 5.32 Å². The molecule has 1 N–H and O–H groups in total. The van der Waals surface area contributed by atoms with Crippen LogP contribution in [-0.4, -0.2) is 46.8 Å². The zero-order valence-corrected chi connectivity index (χ0v) is 25.1. The number of aryl methyl sites for hydroxylation is 1. The highest BCUT2D eigenvalue weighted by Gasteiger charge is 2.27. The van der Waals surface area contributed by atoms with Crippen LogP contribution in [0.1, 0.15) is 15.9 Å². The third-order valence-electron chi connectivity index (χ3n) is 7.42. The average molecular weight is 596 g/mol. The highest BCUT2D eigenvalue weighted by molar-refractivity contribution is 7.92. The molecule has 43 heavy (non-hydrogen) atoms. The minimum atomic E-state index is -3.69. The van der Waals surface area contributed by atoms with Gasteiger partial charge in [0.1, 0.15) is 28.4 Å². The van der Waals surface area contributed by atoms with Crippen molar-refractivity contribution in [3.8, 4) is 39.8 Å². The molecular weight excluding hydrogens is 566 g/mol. The Bertz CT molecular complexity index is 2100. The SMILES string of the molecule is CNC(=O)c1c(-c2ccc(C)cc2)oc2cc(N(C)S(C)(=O)=O)c(-c3ccc(OC)c(-c4cc5ccccc5o4)n3)cc12. The fourth-order valence-electron chi connectivity index (χ4n) is 5.07. The van der Waals surface area contributed by atoms with Gasteiger partial charge in [-0.3, -0.25) is 9.10 Å². The number of carbonyl (C=O) groups is 1. The van der Waals surface area contributed by atoms with Crippen LogP contribution >= 0.6 is 0 Å². The van der Waals surface area contributed by atoms with Crippen molar-refractivity contribution < 1.29 is 26.8 Å². The summed E-state index contributed by atoms with van der Waals surface area (Å²) in [7, 11) is 0.878. The number of rotatable bonds is 7. The summed E-state index contributed by atoms with van der Waals surface area (Å²) in [5, 5.41) is 4.13. The Morgan fingerprint density at radius 2 is 1.70 bits per heavy atom. The maximum Gasteiger partial charge on any atom is 0.255 e. The minimum Gasteiger partial charge on any atom is -0.494 e. The zero-order chi connectivity index (χ0) is 30.5. The van der Waals surface area contributed by atoms with Crippen LogP contribution in [0.3, 0.4) is 0 Å². The van der Waals surface area contributed by atoms with E-state index < -0.39 is 10.0 Å². The monoisotopic (exact) mass is 595 g/mol. The van der Waals surface area contributed by atoms with E-state index >= 15 is 0 Å². The summed E-state index contributed by atoms with van der Waals surface area (Å²) in [4.78, 5) is 18.2. The second kappa shape index (κ2) is 10.6. The minimum absolute atomic E-state index is 0.330. The predicted octanol–water partition coefficient (Wildman–Crippen LogP) is 6.65. The van der Waals surface area contributed by atoms with Crippen molar-refractivity contribution in [3.63, 3.8) is 0 Å². The van der Waals surface area contributed by atoms with E-state index in [1.165, 1.54) is 11.4 Å². The molecule has 0 radical (unpaired) electrons. The number of amides is 1. The number of pyridine rings is 1. The number of hydrogen-bond acceptors (Lipinski definition) is 7. The molecule has 6 rings (SSSR count). The molecule has 9 nitrogen and oxygen atoms in total. The number of carbonyl (C=O) groups excluding carboxylic acids is 1. The number of furan rings is 2. The molecule has 3 aromatic carbocycles. The van der Waals surface area contributed by atoms with Crippen molar-refractivity contribution in [1.29, 1.82) is 0 Å². The number of sulfonamides is 1. The smallest absolute Gasteiger partial charge is 0.255 e. The molecule has 0 bridgehead atoms. The van der Waals surface area contributed by atoms with Gasteiger partial charge in [0.25, 0.3) is 5.91 Å². The van der Waals surface area contributed by atoms with E-state index in [1.54, 1.807) is 38.4 Å². The molecule has 0 spiro atoms. The van der Waals surface area contributed by atoms with Crippen LogP contribution in [0.25, 0.3) is 56.0 Å². The highest BCUT2D eigenvalue weighted by Crippen LogP contribution is 2.42. The van der Waals surface area contributed by atoms with E-state index in [9.17, 15) is 13.2 Å². The van der Waals surface area contributed by atoms with Crippen molar-refractivity contribution >= 4 is 43.6 Å². The van der Waals surface area contributed by atoms with Gasteiger partial charge in [0, 0.05) is 42.1 Å². The molecule has 0 aliphatic carbocycles. The summed E-state index contributed by atoms with van der Waals surface area (Å²) in [6.07, 6.45) is 1.12. The Balaban J connectivity index is 1.64. The first-order valence-corrected chi connectivity index (χ1v) is 15.3. The van der Waals surface area contributed by atoms with Gasteiger partial charge in [-0.05, 0) is 37.3 Å². The number of nitrogens with zero attached hydrogens (tertiary/aromatic N) is 2. The van der Waals surface area contributed by atoms with E-state index in [0.717, 1.165) is 22.8 Å². The standard InChI is InChI=1S/C33H29N3O6S/c1-19-10-12-20(13-11-19)32-30(33(37)34-2)23-17-22(25(18-28(23)42-32)36(3)43(5,38)39)24-14-15-27(40-4)31(35-24)29-16-21-8-6-7-9-26(21)41-29/h6-18H,1-5H3,(H,34,37). The lowest BCUT2D eigenvalue weighted by Gasteiger charge is -2.20. The maximum atomic E-state index is 13.3. The average Bonchev–Trinajstić information content (AvgIpc) is 3.61. The number of ether oxygens (including phenoxy) is 1. The van der Waals surface area contributed by atoms with Crippen LogP contribution in [0.2, 0.25) is 0 Å². The summed E-state index contributed by atoms with van der Waals surface area (Å²) in [5.74, 6) is 1.02. The van der Waals surface area contributed by atoms with Gasteiger partial charge in [-0.1, -0.05) is 48.0 Å². The topological polar surface area (TPSA) is 115 Å². The molecule has 218 valence electrons. The van der Waals surface area contributed by atoms with Crippen molar-refractivity contribution in [3.05, 3.63) is 90.0 Å². The molecule has 3 heterocycles. The second-order valence-corrected chi connectivity index (χ2v) is 12.3. The maximum absolute atomic E-state index is 13.3. The van der Waals surface area contributed by atoms with Crippen molar-refractivity contribution in [2.24, 2.45) is 0 Å². The zero-order valence-electron chi connectivity index (χ0n) is 24.3. The van der Waals surface area contributed by atoms with Gasteiger partial charge in [-0.15, -0.1) is 0 Å². The quantitative estimate of drug-likeness (QED) is 0.220. The molecule has 0 unspecified atom stereocenters. The van der Waals surface area contributed by atoms with E-state index in [4.69, 9.17) is 18.6 Å².